The number of aromatic nitrogens is 3. The van der Waals surface area contributed by atoms with Gasteiger partial charge >= 0.3 is 0 Å². The SMILES string of the molecule is [2H]c1nc(-c2cc(-c3ccccc3)cc(-c3cccc4c3nc(-c3cc(C(C)(C)C)cc(C(C)(C)C)c3O)n4-c3ccc(C([2H])(C)C)cc3-c3ccccc3)c2)c([2H])c(-c2c(C([2H])([2H])[2H])c([2H])c([2H])c([2H])c2C([2H])([2H])[2H])c1[2H]. The van der Waals surface area contributed by atoms with Crippen molar-refractivity contribution in [1.82, 2.24) is 14.5 Å². The van der Waals surface area contributed by atoms with Crippen molar-refractivity contribution in [3.05, 3.63) is 192 Å². The Kier molecular flexibility index (Phi) is 7.81. The molecule has 4 nitrogen and oxygen atoms in total. The van der Waals surface area contributed by atoms with Gasteiger partial charge in [-0.05, 0) is 141 Å². The molecule has 9 rings (SSSR count). The zero-order valence-electron chi connectivity index (χ0n) is 50.9. The van der Waals surface area contributed by atoms with Crippen molar-refractivity contribution in [2.75, 3.05) is 0 Å². The molecule has 0 aliphatic heterocycles. The molecule has 1 N–H and O–H groups in total. The van der Waals surface area contributed by atoms with E-state index in [2.05, 4.69) is 52.6 Å². The van der Waals surface area contributed by atoms with E-state index in [1.807, 2.05) is 128 Å². The largest absolute Gasteiger partial charge is 0.507 e. The number of phenolic OH excluding ortho intramolecular Hbond substituents is 1. The average Bonchev–Trinajstić information content (AvgIpc) is 3.86. The van der Waals surface area contributed by atoms with Gasteiger partial charge in [0.15, 0.2) is 0 Å². The van der Waals surface area contributed by atoms with Crippen LogP contribution in [0.2, 0.25) is 0 Å². The van der Waals surface area contributed by atoms with Gasteiger partial charge in [-0.3, -0.25) is 9.55 Å². The zero-order valence-corrected chi connectivity index (χ0v) is 37.9. The fourth-order valence-corrected chi connectivity index (χ4v) is 8.41. The van der Waals surface area contributed by atoms with E-state index < -0.39 is 83.7 Å². The van der Waals surface area contributed by atoms with Crippen molar-refractivity contribution < 1.29 is 22.9 Å². The Balaban J connectivity index is 1.41. The number of benzene rings is 7. The third-order valence-electron chi connectivity index (χ3n) is 12.0. The molecule has 0 aliphatic carbocycles. The van der Waals surface area contributed by atoms with E-state index >= 15 is 0 Å². The van der Waals surface area contributed by atoms with E-state index in [1.165, 1.54) is 0 Å². The number of hydrogen-bond acceptors (Lipinski definition) is 3. The molecule has 0 amide bonds. The number of pyridine rings is 1. The van der Waals surface area contributed by atoms with Crippen molar-refractivity contribution in [2.24, 2.45) is 0 Å². The minimum Gasteiger partial charge on any atom is -0.507 e. The number of fused-ring (bicyclic) bond motifs is 1. The van der Waals surface area contributed by atoms with E-state index in [0.29, 0.717) is 39.1 Å². The maximum Gasteiger partial charge on any atom is 0.149 e. The Morgan fingerprint density at radius 2 is 1.31 bits per heavy atom. The highest BCUT2D eigenvalue weighted by atomic mass is 16.3. The Hall–Kier alpha value is -7.04. The number of hydrogen-bond donors (Lipinski definition) is 1. The van der Waals surface area contributed by atoms with Crippen LogP contribution >= 0.6 is 0 Å². The monoisotopic (exact) mass is 863 g/mol. The second kappa shape index (κ2) is 16.8. The fraction of sp³-hybridized carbons (Fsp3) is 0.213. The molecule has 7 aromatic carbocycles. The molecule has 0 radical (unpaired) electrons. The summed E-state index contributed by atoms with van der Waals surface area (Å²) in [5.74, 6) is -0.455. The summed E-state index contributed by atoms with van der Waals surface area (Å²) in [5.41, 5.74) is 5.06. The third-order valence-corrected chi connectivity index (χ3v) is 12.0. The van der Waals surface area contributed by atoms with Gasteiger partial charge in [-0.1, -0.05) is 158 Å². The first-order valence-electron chi connectivity index (χ1n) is 28.2. The van der Waals surface area contributed by atoms with Crippen LogP contribution in [0.5, 0.6) is 5.75 Å². The summed E-state index contributed by atoms with van der Waals surface area (Å²) in [5, 5.41) is 12.6. The molecular formula is C61H59N3O. The number of aromatic hydroxyl groups is 1. The van der Waals surface area contributed by atoms with Crippen molar-refractivity contribution >= 4 is 11.0 Å². The molecule has 0 spiro atoms. The standard InChI is InChI=1S/C61H59N3O/c1-38(2)43-27-28-54(50(34-43)42-23-15-12-16-24-42)64-55-26-18-25-49(57(55)63-59(64)51-36-48(60(5,6)7)37-52(58(51)65)61(8,9)10)46-31-45(41-21-13-11-14-22-41)32-47(33-46)53-35-44(29-30-62-53)56-39(3)19-17-20-40(56)4/h11-38,65H,1-10H3/i3D3,4D3,17D,19D,20D,29D,30D,35D,38D. The maximum absolute atomic E-state index is 12.6. The van der Waals surface area contributed by atoms with Gasteiger partial charge in [0, 0.05) is 38.0 Å². The van der Waals surface area contributed by atoms with Crippen LogP contribution in [-0.4, -0.2) is 19.6 Å². The maximum atomic E-state index is 12.6. The Morgan fingerprint density at radius 1 is 0.631 bits per heavy atom. The first-order chi connectivity index (χ1) is 36.3. The molecule has 65 heavy (non-hydrogen) atoms. The lowest BCUT2D eigenvalue weighted by molar-refractivity contribution is 0.446. The molecule has 0 unspecified atom stereocenters. The molecule has 0 atom stereocenters. The van der Waals surface area contributed by atoms with Crippen LogP contribution < -0.4 is 0 Å². The lowest BCUT2D eigenvalue weighted by Gasteiger charge is -2.27. The van der Waals surface area contributed by atoms with E-state index in [4.69, 9.17) is 21.4 Å². The first kappa shape index (κ1) is 30.2. The Labute approximate surface area is 403 Å². The van der Waals surface area contributed by atoms with Crippen molar-refractivity contribution in [3.63, 3.8) is 0 Å². The van der Waals surface area contributed by atoms with Crippen molar-refractivity contribution in [1.29, 1.82) is 0 Å². The van der Waals surface area contributed by atoms with E-state index in [1.54, 1.807) is 12.1 Å². The fourth-order valence-electron chi connectivity index (χ4n) is 8.41. The molecule has 2 aromatic heterocycles. The van der Waals surface area contributed by atoms with E-state index in [9.17, 15) is 6.48 Å². The summed E-state index contributed by atoms with van der Waals surface area (Å²) in [6.45, 7) is 9.71. The highest BCUT2D eigenvalue weighted by molar-refractivity contribution is 5.98. The van der Waals surface area contributed by atoms with Gasteiger partial charge in [-0.2, -0.15) is 0 Å². The number of para-hydroxylation sites is 1. The second-order valence-electron chi connectivity index (χ2n) is 18.8. The number of imidazole rings is 1. The summed E-state index contributed by atoms with van der Waals surface area (Å²) < 4.78 is 116. The topological polar surface area (TPSA) is 50.9 Å². The van der Waals surface area contributed by atoms with Gasteiger partial charge in [0.25, 0.3) is 0 Å². The summed E-state index contributed by atoms with van der Waals surface area (Å²) in [4.78, 5) is 9.99. The lowest BCUT2D eigenvalue weighted by atomic mass is 9.79. The quantitative estimate of drug-likeness (QED) is 0.166. The molecule has 0 bridgehead atoms. The molecule has 9 aromatic rings. The summed E-state index contributed by atoms with van der Waals surface area (Å²) >= 11 is 0. The number of nitrogens with zero attached hydrogens (tertiary/aromatic N) is 3. The van der Waals surface area contributed by atoms with Crippen LogP contribution in [0.15, 0.2) is 164 Å². The molecule has 0 fully saturated rings. The van der Waals surface area contributed by atoms with E-state index in [0.717, 1.165) is 39.1 Å². The highest BCUT2D eigenvalue weighted by Gasteiger charge is 2.29. The van der Waals surface area contributed by atoms with Gasteiger partial charge < -0.3 is 5.11 Å². The van der Waals surface area contributed by atoms with Crippen LogP contribution in [0.4, 0.5) is 0 Å². The van der Waals surface area contributed by atoms with Crippen LogP contribution in [0.3, 0.4) is 0 Å². The van der Waals surface area contributed by atoms with Crippen molar-refractivity contribution in [2.45, 2.75) is 85.8 Å². The lowest BCUT2D eigenvalue weighted by Crippen LogP contribution is -2.17. The zero-order chi connectivity index (χ0) is 56.9. The van der Waals surface area contributed by atoms with E-state index in [-0.39, 0.29) is 22.4 Å². The Bertz CT molecular complexity index is 3800. The van der Waals surface area contributed by atoms with Gasteiger partial charge in [0.2, 0.25) is 0 Å². The molecule has 0 aliphatic rings. The molecule has 0 saturated carbocycles. The normalized spacial score (nSPS) is 15.5. The van der Waals surface area contributed by atoms with Gasteiger partial charge in [0.05, 0.1) is 36.2 Å². The minimum atomic E-state index is -3.25. The molecule has 4 heteroatoms. The first-order valence-corrected chi connectivity index (χ1v) is 21.7. The smallest absolute Gasteiger partial charge is 0.149 e. The molecule has 2 heterocycles. The summed E-state index contributed by atoms with van der Waals surface area (Å²) in [7, 11) is 0. The number of rotatable bonds is 8. The second-order valence-corrected chi connectivity index (χ2v) is 18.8. The van der Waals surface area contributed by atoms with Gasteiger partial charge in [0.1, 0.15) is 11.6 Å². The number of phenols is 1. The van der Waals surface area contributed by atoms with Gasteiger partial charge in [-0.25, -0.2) is 4.98 Å². The predicted molar refractivity (Wildman–Crippen MR) is 274 cm³/mol. The molecule has 324 valence electrons. The predicted octanol–water partition coefficient (Wildman–Crippen LogP) is 16.5. The van der Waals surface area contributed by atoms with Crippen LogP contribution in [0.25, 0.3) is 83.9 Å². The Morgan fingerprint density at radius 3 is 1.97 bits per heavy atom. The molecular weight excluding hydrogens is 791 g/mol. The average molecular weight is 863 g/mol. The third kappa shape index (κ3) is 8.30. The summed E-state index contributed by atoms with van der Waals surface area (Å²) in [6, 6.07) is 36.2. The van der Waals surface area contributed by atoms with Crippen LogP contribution in [0.1, 0.15) is 107 Å². The van der Waals surface area contributed by atoms with Gasteiger partial charge in [-0.15, -0.1) is 0 Å². The molecule has 0 saturated heterocycles. The van der Waals surface area contributed by atoms with Crippen molar-refractivity contribution in [3.8, 4) is 78.6 Å². The van der Waals surface area contributed by atoms with Crippen LogP contribution in [-0.2, 0) is 10.8 Å². The minimum absolute atomic E-state index is 0.0665. The summed E-state index contributed by atoms with van der Waals surface area (Å²) in [6.07, 6.45) is -0.727. The highest BCUT2D eigenvalue weighted by Crippen LogP contribution is 2.46. The van der Waals surface area contributed by atoms with Crippen LogP contribution in [0, 0.1) is 13.7 Å².